The maximum atomic E-state index is 14.0. The minimum absolute atomic E-state index is 0.0156. The molecule has 3 aliphatic rings. The number of aromatic nitrogens is 2. The van der Waals surface area contributed by atoms with E-state index in [9.17, 15) is 9.59 Å². The fourth-order valence-corrected chi connectivity index (χ4v) is 6.20. The molecule has 7 heteroatoms. The van der Waals surface area contributed by atoms with Gasteiger partial charge in [-0.15, -0.1) is 0 Å². The molecule has 0 unspecified atom stereocenters. The Kier molecular flexibility index (Phi) is 6.25. The van der Waals surface area contributed by atoms with Gasteiger partial charge in [-0.25, -0.2) is 4.98 Å². The van der Waals surface area contributed by atoms with E-state index in [4.69, 9.17) is 9.72 Å². The summed E-state index contributed by atoms with van der Waals surface area (Å²) in [5, 5.41) is 3.08. The van der Waals surface area contributed by atoms with Gasteiger partial charge in [-0.05, 0) is 61.3 Å². The largest absolute Gasteiger partial charge is 0.370 e. The van der Waals surface area contributed by atoms with Crippen molar-refractivity contribution in [3.8, 4) is 0 Å². The van der Waals surface area contributed by atoms with Crippen LogP contribution in [0, 0.1) is 5.92 Å². The zero-order chi connectivity index (χ0) is 24.6. The highest BCUT2D eigenvalue weighted by atomic mass is 16.5. The van der Waals surface area contributed by atoms with Gasteiger partial charge in [0.05, 0.1) is 16.6 Å². The van der Waals surface area contributed by atoms with E-state index in [1.54, 1.807) is 0 Å². The van der Waals surface area contributed by atoms with Crippen molar-refractivity contribution in [3.05, 3.63) is 58.9 Å². The van der Waals surface area contributed by atoms with Gasteiger partial charge in [0, 0.05) is 38.9 Å². The fraction of sp³-hybridized carbons (Fsp3) is 0.483. The number of hydrogen-bond acceptors (Lipinski definition) is 4. The molecule has 0 spiro atoms. The zero-order valence-electron chi connectivity index (χ0n) is 21.0. The molecule has 1 saturated carbocycles. The van der Waals surface area contributed by atoms with Gasteiger partial charge in [-0.2, -0.15) is 0 Å². The number of anilines is 1. The van der Waals surface area contributed by atoms with Crippen LogP contribution in [-0.4, -0.2) is 39.4 Å². The van der Waals surface area contributed by atoms with Crippen LogP contribution < -0.4 is 5.32 Å². The van der Waals surface area contributed by atoms with Gasteiger partial charge in [0.15, 0.2) is 0 Å². The number of rotatable bonds is 5. The van der Waals surface area contributed by atoms with E-state index < -0.39 is 0 Å². The van der Waals surface area contributed by atoms with Gasteiger partial charge in [0.1, 0.15) is 11.9 Å². The first kappa shape index (κ1) is 23.2. The van der Waals surface area contributed by atoms with Crippen LogP contribution in [0.1, 0.15) is 78.4 Å². The highest BCUT2D eigenvalue weighted by Gasteiger charge is 2.29. The van der Waals surface area contributed by atoms with Crippen molar-refractivity contribution in [2.75, 3.05) is 18.5 Å². The van der Waals surface area contributed by atoms with Gasteiger partial charge in [0.2, 0.25) is 5.91 Å². The van der Waals surface area contributed by atoms with Crippen molar-refractivity contribution in [2.24, 2.45) is 13.0 Å². The predicted octanol–water partition coefficient (Wildman–Crippen LogP) is 5.14. The molecule has 2 amide bonds. The number of carbonyl (C=O) groups is 2. The van der Waals surface area contributed by atoms with E-state index >= 15 is 0 Å². The Balaban J connectivity index is 1.35. The normalized spacial score (nSPS) is 20.1. The molecule has 1 saturated heterocycles. The van der Waals surface area contributed by atoms with Crippen molar-refractivity contribution in [1.29, 1.82) is 0 Å². The second-order valence-electron chi connectivity index (χ2n) is 10.6. The molecule has 2 aromatic carbocycles. The summed E-state index contributed by atoms with van der Waals surface area (Å²) in [7, 11) is 1.97. The third-order valence-electron chi connectivity index (χ3n) is 8.10. The van der Waals surface area contributed by atoms with Crippen molar-refractivity contribution >= 4 is 28.5 Å². The monoisotopic (exact) mass is 486 g/mol. The summed E-state index contributed by atoms with van der Waals surface area (Å²) in [6.45, 7) is 1.99. The lowest BCUT2D eigenvalue weighted by atomic mass is 9.99. The Morgan fingerprint density at radius 2 is 1.89 bits per heavy atom. The number of carbonyl (C=O) groups excluding carboxylic acids is 2. The van der Waals surface area contributed by atoms with Crippen LogP contribution in [-0.2, 0) is 29.5 Å². The standard InChI is InChI=1S/C29H34N4O3/c1-32-27-23(29(35)33-13-12-20-9-4-5-10-21(20)18-33)16-22(30-26(34)15-19-7-2-3-8-19)17-24(27)31-28(32)25-11-6-14-36-25/h4-5,9-10,16-17,19,25H,2-3,6-8,11-15,18H2,1H3,(H,30,34)/t25-/m1/s1. The SMILES string of the molecule is Cn1c([C@H]2CCCO2)nc2cc(NC(=O)CC3CCCC3)cc(C(=O)N3CCc4ccccc4C3)c21. The molecule has 0 bridgehead atoms. The van der Waals surface area contributed by atoms with Crippen LogP contribution in [0.3, 0.4) is 0 Å². The molecule has 1 N–H and O–H groups in total. The number of benzene rings is 2. The molecule has 3 heterocycles. The second kappa shape index (κ2) is 9.69. The second-order valence-corrected chi connectivity index (χ2v) is 10.6. The van der Waals surface area contributed by atoms with Crippen LogP contribution >= 0.6 is 0 Å². The maximum absolute atomic E-state index is 14.0. The highest BCUT2D eigenvalue weighted by Crippen LogP contribution is 2.34. The first-order chi connectivity index (χ1) is 17.6. The lowest BCUT2D eigenvalue weighted by Gasteiger charge is -2.29. The highest BCUT2D eigenvalue weighted by molar-refractivity contribution is 6.07. The van der Waals surface area contributed by atoms with Gasteiger partial charge in [-0.1, -0.05) is 37.1 Å². The smallest absolute Gasteiger partial charge is 0.256 e. The van der Waals surface area contributed by atoms with Crippen molar-refractivity contribution < 1.29 is 14.3 Å². The first-order valence-electron chi connectivity index (χ1n) is 13.3. The summed E-state index contributed by atoms with van der Waals surface area (Å²) >= 11 is 0. The van der Waals surface area contributed by atoms with Crippen LogP contribution in [0.5, 0.6) is 0 Å². The minimum atomic E-state index is -0.0624. The molecule has 0 radical (unpaired) electrons. The third-order valence-corrected chi connectivity index (χ3v) is 8.10. The summed E-state index contributed by atoms with van der Waals surface area (Å²) in [5.41, 5.74) is 5.26. The Labute approximate surface area is 211 Å². The summed E-state index contributed by atoms with van der Waals surface area (Å²) in [6, 6.07) is 12.1. The molecule has 188 valence electrons. The molecule has 3 aromatic rings. The van der Waals surface area contributed by atoms with Crippen LogP contribution in [0.25, 0.3) is 11.0 Å². The van der Waals surface area contributed by atoms with Gasteiger partial charge in [-0.3, -0.25) is 9.59 Å². The van der Waals surface area contributed by atoms with Crippen molar-refractivity contribution in [2.45, 2.75) is 64.0 Å². The van der Waals surface area contributed by atoms with Gasteiger partial charge < -0.3 is 19.5 Å². The van der Waals surface area contributed by atoms with Crippen molar-refractivity contribution in [3.63, 3.8) is 0 Å². The molecule has 36 heavy (non-hydrogen) atoms. The van der Waals surface area contributed by atoms with Crippen LogP contribution in [0.2, 0.25) is 0 Å². The molecular formula is C29H34N4O3. The lowest BCUT2D eigenvalue weighted by molar-refractivity contribution is -0.117. The van der Waals surface area contributed by atoms with Crippen LogP contribution in [0.15, 0.2) is 36.4 Å². The third kappa shape index (κ3) is 4.41. The van der Waals surface area contributed by atoms with E-state index in [0.29, 0.717) is 36.7 Å². The summed E-state index contributed by atoms with van der Waals surface area (Å²) in [6.07, 6.45) is 7.91. The maximum Gasteiger partial charge on any atom is 0.256 e. The average Bonchev–Trinajstić information content (AvgIpc) is 3.65. The number of ether oxygens (including phenoxy) is 1. The van der Waals surface area contributed by atoms with E-state index in [0.717, 1.165) is 55.6 Å². The van der Waals surface area contributed by atoms with E-state index in [-0.39, 0.29) is 17.9 Å². The van der Waals surface area contributed by atoms with Crippen molar-refractivity contribution in [1.82, 2.24) is 14.5 Å². The predicted molar refractivity (Wildman–Crippen MR) is 139 cm³/mol. The average molecular weight is 487 g/mol. The van der Waals surface area contributed by atoms with E-state index in [1.807, 2.05) is 34.7 Å². The molecule has 2 aliphatic heterocycles. The number of amides is 2. The van der Waals surface area contributed by atoms with E-state index in [1.165, 1.54) is 24.0 Å². The molecule has 1 aromatic heterocycles. The Morgan fingerprint density at radius 1 is 1.08 bits per heavy atom. The molecule has 6 rings (SSSR count). The molecule has 2 fully saturated rings. The number of fused-ring (bicyclic) bond motifs is 2. The summed E-state index contributed by atoms with van der Waals surface area (Å²) in [4.78, 5) is 33.6. The molecule has 1 atom stereocenters. The van der Waals surface area contributed by atoms with Crippen LogP contribution in [0.4, 0.5) is 5.69 Å². The fourth-order valence-electron chi connectivity index (χ4n) is 6.20. The lowest BCUT2D eigenvalue weighted by Crippen LogP contribution is -2.36. The number of nitrogens with zero attached hydrogens (tertiary/aromatic N) is 3. The zero-order valence-corrected chi connectivity index (χ0v) is 21.0. The molecule has 7 nitrogen and oxygen atoms in total. The Morgan fingerprint density at radius 3 is 2.67 bits per heavy atom. The minimum Gasteiger partial charge on any atom is -0.370 e. The number of nitrogens with one attached hydrogen (secondary N) is 1. The topological polar surface area (TPSA) is 76.5 Å². The number of aryl methyl sites for hydroxylation is 1. The number of imidazole rings is 1. The summed E-state index contributed by atoms with van der Waals surface area (Å²) in [5.74, 6) is 1.30. The first-order valence-corrected chi connectivity index (χ1v) is 13.3. The Bertz CT molecular complexity index is 1300. The van der Waals surface area contributed by atoms with E-state index in [2.05, 4.69) is 23.5 Å². The summed E-state index contributed by atoms with van der Waals surface area (Å²) < 4.78 is 7.94. The molecule has 1 aliphatic carbocycles. The quantitative estimate of drug-likeness (QED) is 0.542. The Hall–Kier alpha value is -3.19. The molecular weight excluding hydrogens is 452 g/mol. The van der Waals surface area contributed by atoms with Gasteiger partial charge in [0.25, 0.3) is 5.91 Å². The van der Waals surface area contributed by atoms with Gasteiger partial charge >= 0.3 is 0 Å². The number of hydrogen-bond donors (Lipinski definition) is 1.